The fourth-order valence-corrected chi connectivity index (χ4v) is 2.58. The first-order valence-electron chi connectivity index (χ1n) is 6.87. The Morgan fingerprint density at radius 3 is 2.17 bits per heavy atom. The topological polar surface area (TPSA) is 175 Å². The first-order valence-corrected chi connectivity index (χ1v) is 6.87. The molecule has 2 saturated heterocycles. The second kappa shape index (κ2) is 7.34. The van der Waals surface area contributed by atoms with Gasteiger partial charge in [0.05, 0.1) is 6.61 Å². The van der Waals surface area contributed by atoms with E-state index in [1.807, 2.05) is 0 Å². The maximum absolute atomic E-state index is 11.2. The predicted octanol–water partition coefficient (Wildman–Crippen LogP) is -4.01. The number of hydrogen-bond donors (Lipinski definition) is 6. The van der Waals surface area contributed by atoms with E-state index in [1.54, 1.807) is 0 Å². The molecule has 0 saturated carbocycles. The van der Waals surface area contributed by atoms with E-state index in [0.717, 1.165) is 7.11 Å². The van der Waals surface area contributed by atoms with Crippen LogP contribution in [0, 0.1) is 0 Å². The predicted molar refractivity (Wildman–Crippen MR) is 68.0 cm³/mol. The summed E-state index contributed by atoms with van der Waals surface area (Å²) in [5.74, 6) is -1.45. The lowest BCUT2D eigenvalue weighted by Gasteiger charge is -2.41. The van der Waals surface area contributed by atoms with E-state index >= 15 is 0 Å². The van der Waals surface area contributed by atoms with Crippen molar-refractivity contribution in [3.8, 4) is 0 Å². The number of aliphatic hydroxyl groups is 5. The number of ether oxygens (including phenoxy) is 4. The van der Waals surface area contributed by atoms with Crippen LogP contribution in [0.15, 0.2) is 0 Å². The van der Waals surface area contributed by atoms with Crippen molar-refractivity contribution >= 4 is 5.97 Å². The Labute approximate surface area is 130 Å². The molecule has 2 aliphatic rings. The Balaban J connectivity index is 2.11. The molecular formula is C12H20O11. The van der Waals surface area contributed by atoms with Gasteiger partial charge in [-0.2, -0.15) is 0 Å². The molecular weight excluding hydrogens is 320 g/mol. The molecule has 2 fully saturated rings. The number of carboxylic acid groups (broad SMARTS) is 1. The first-order chi connectivity index (χ1) is 10.8. The number of hydrogen-bond acceptors (Lipinski definition) is 10. The first kappa shape index (κ1) is 18.4. The number of aliphatic hydroxyl groups excluding tert-OH is 5. The summed E-state index contributed by atoms with van der Waals surface area (Å²) in [4.78, 5) is 11.2. The van der Waals surface area contributed by atoms with Gasteiger partial charge in [0.2, 0.25) is 0 Å². The van der Waals surface area contributed by atoms with E-state index in [1.165, 1.54) is 0 Å². The van der Waals surface area contributed by atoms with Gasteiger partial charge in [-0.1, -0.05) is 0 Å². The average Bonchev–Trinajstić information content (AvgIpc) is 2.78. The van der Waals surface area contributed by atoms with E-state index < -0.39 is 67.9 Å². The number of aliphatic carboxylic acids is 1. The van der Waals surface area contributed by atoms with E-state index in [2.05, 4.69) is 0 Å². The van der Waals surface area contributed by atoms with E-state index in [9.17, 15) is 25.2 Å². The monoisotopic (exact) mass is 340 g/mol. The molecule has 2 rings (SSSR count). The molecule has 0 aromatic heterocycles. The van der Waals surface area contributed by atoms with Crippen molar-refractivity contribution in [2.75, 3.05) is 13.7 Å². The third-order valence-electron chi connectivity index (χ3n) is 3.84. The molecule has 134 valence electrons. The van der Waals surface area contributed by atoms with Crippen LogP contribution in [0.2, 0.25) is 0 Å². The van der Waals surface area contributed by atoms with Gasteiger partial charge in [0.1, 0.15) is 36.6 Å². The molecule has 0 amide bonds. The van der Waals surface area contributed by atoms with Gasteiger partial charge < -0.3 is 49.6 Å². The number of rotatable bonds is 5. The fourth-order valence-electron chi connectivity index (χ4n) is 2.58. The van der Waals surface area contributed by atoms with E-state index in [4.69, 9.17) is 29.2 Å². The lowest BCUT2D eigenvalue weighted by atomic mass is 9.98. The minimum Gasteiger partial charge on any atom is -0.479 e. The highest BCUT2D eigenvalue weighted by Crippen LogP contribution is 2.29. The van der Waals surface area contributed by atoms with Crippen LogP contribution in [0.3, 0.4) is 0 Å². The minimum atomic E-state index is -1.69. The van der Waals surface area contributed by atoms with Gasteiger partial charge in [0.15, 0.2) is 18.7 Å². The van der Waals surface area contributed by atoms with Crippen LogP contribution in [0.5, 0.6) is 0 Å². The molecule has 23 heavy (non-hydrogen) atoms. The summed E-state index contributed by atoms with van der Waals surface area (Å²) in [6.45, 7) is -0.585. The van der Waals surface area contributed by atoms with Gasteiger partial charge in [0.25, 0.3) is 0 Å². The van der Waals surface area contributed by atoms with Gasteiger partial charge >= 0.3 is 5.97 Å². The molecule has 0 bridgehead atoms. The largest absolute Gasteiger partial charge is 0.479 e. The minimum absolute atomic E-state index is 0.585. The molecule has 0 spiro atoms. The summed E-state index contributed by atoms with van der Waals surface area (Å²) in [5.41, 5.74) is 0. The zero-order valence-corrected chi connectivity index (χ0v) is 12.1. The highest BCUT2D eigenvalue weighted by molar-refractivity contribution is 5.73. The molecule has 2 aliphatic heterocycles. The number of carbonyl (C=O) groups is 1. The quantitative estimate of drug-likeness (QED) is 0.287. The maximum Gasteiger partial charge on any atom is 0.335 e. The number of methoxy groups -OCH3 is 1. The summed E-state index contributed by atoms with van der Waals surface area (Å²) in [6, 6.07) is 0. The van der Waals surface area contributed by atoms with Crippen molar-refractivity contribution in [2.24, 2.45) is 0 Å². The molecule has 0 aromatic carbocycles. The average molecular weight is 340 g/mol. The van der Waals surface area contributed by atoms with Gasteiger partial charge in [-0.15, -0.1) is 0 Å². The molecule has 0 aromatic rings. The Bertz CT molecular complexity index is 418. The fraction of sp³-hybridized carbons (Fsp3) is 0.917. The Morgan fingerprint density at radius 1 is 1.04 bits per heavy atom. The molecule has 2 heterocycles. The normalized spacial score (nSPS) is 47.7. The highest BCUT2D eigenvalue weighted by Gasteiger charge is 2.52. The molecule has 11 nitrogen and oxygen atoms in total. The van der Waals surface area contributed by atoms with Crippen molar-refractivity contribution < 1.29 is 54.4 Å². The second-order valence-electron chi connectivity index (χ2n) is 5.28. The zero-order valence-electron chi connectivity index (χ0n) is 12.1. The third-order valence-corrected chi connectivity index (χ3v) is 3.84. The third kappa shape index (κ3) is 3.47. The van der Waals surface area contributed by atoms with Crippen LogP contribution in [0.25, 0.3) is 0 Å². The van der Waals surface area contributed by atoms with Crippen molar-refractivity contribution in [1.29, 1.82) is 0 Å². The van der Waals surface area contributed by atoms with Crippen LogP contribution in [-0.2, 0) is 23.7 Å². The van der Waals surface area contributed by atoms with Crippen LogP contribution >= 0.6 is 0 Å². The molecule has 11 heteroatoms. The maximum atomic E-state index is 11.2. The van der Waals surface area contributed by atoms with E-state index in [0.29, 0.717) is 0 Å². The van der Waals surface area contributed by atoms with Crippen molar-refractivity contribution in [3.63, 3.8) is 0 Å². The standard InChI is InChI=1S/C12H20O11/c1-20-7-5(15)6(16)12(23-9(7)10(17)18)22-8-4(14)3(2-13)21-11(8)19/h3-9,11-16,19H,2H2,1H3,(H,17,18). The van der Waals surface area contributed by atoms with Gasteiger partial charge in [-0.25, -0.2) is 4.79 Å². The lowest BCUT2D eigenvalue weighted by Crippen LogP contribution is -2.62. The molecule has 0 radical (unpaired) electrons. The summed E-state index contributed by atoms with van der Waals surface area (Å²) in [6.07, 6.45) is -13.5. The van der Waals surface area contributed by atoms with Crippen molar-refractivity contribution in [1.82, 2.24) is 0 Å². The van der Waals surface area contributed by atoms with Crippen LogP contribution < -0.4 is 0 Å². The summed E-state index contributed by atoms with van der Waals surface area (Å²) < 4.78 is 19.9. The Kier molecular flexibility index (Phi) is 5.89. The summed E-state index contributed by atoms with van der Waals surface area (Å²) in [7, 11) is 1.14. The molecule has 9 unspecified atom stereocenters. The van der Waals surface area contributed by atoms with Crippen LogP contribution in [0.4, 0.5) is 0 Å². The van der Waals surface area contributed by atoms with Crippen LogP contribution in [0.1, 0.15) is 0 Å². The molecule has 9 atom stereocenters. The van der Waals surface area contributed by atoms with E-state index in [-0.39, 0.29) is 0 Å². The Morgan fingerprint density at radius 2 is 1.70 bits per heavy atom. The highest BCUT2D eigenvalue weighted by atomic mass is 16.7. The van der Waals surface area contributed by atoms with Gasteiger partial charge in [-0.05, 0) is 0 Å². The summed E-state index contributed by atoms with van der Waals surface area (Å²) in [5, 5.41) is 57.5. The van der Waals surface area contributed by atoms with Crippen molar-refractivity contribution in [3.05, 3.63) is 0 Å². The molecule has 6 N–H and O–H groups in total. The SMILES string of the molecule is COC1C(C(=O)O)OC(OC2C(O)OC(CO)C2O)C(O)C1O. The molecule has 0 aliphatic carbocycles. The smallest absolute Gasteiger partial charge is 0.335 e. The lowest BCUT2D eigenvalue weighted by molar-refractivity contribution is -0.320. The van der Waals surface area contributed by atoms with Gasteiger partial charge in [0, 0.05) is 7.11 Å². The summed E-state index contributed by atoms with van der Waals surface area (Å²) >= 11 is 0. The van der Waals surface area contributed by atoms with Crippen LogP contribution in [-0.4, -0.2) is 106 Å². The Hall–Kier alpha value is -0.890. The van der Waals surface area contributed by atoms with Crippen molar-refractivity contribution in [2.45, 2.75) is 55.3 Å². The second-order valence-corrected chi connectivity index (χ2v) is 5.28. The number of carboxylic acids is 1. The zero-order chi connectivity index (χ0) is 17.3. The van der Waals surface area contributed by atoms with Gasteiger partial charge in [-0.3, -0.25) is 0 Å².